The van der Waals surface area contributed by atoms with Crippen molar-refractivity contribution in [1.29, 1.82) is 0 Å². The van der Waals surface area contributed by atoms with E-state index in [1.165, 1.54) is 0 Å². The molecule has 1 rings (SSSR count). The van der Waals surface area contributed by atoms with Gasteiger partial charge in [0.2, 0.25) is 0 Å². The highest BCUT2D eigenvalue weighted by Crippen LogP contribution is 2.29. The number of ether oxygens (including phenoxy) is 2. The van der Waals surface area contributed by atoms with E-state index in [0.717, 1.165) is 24.3 Å². The molecule has 2 unspecified atom stereocenters. The van der Waals surface area contributed by atoms with Crippen LogP contribution in [0.5, 0.6) is 11.5 Å². The minimum absolute atomic E-state index is 0.565. The van der Waals surface area contributed by atoms with Crippen molar-refractivity contribution in [2.75, 3.05) is 34.4 Å². The molecule has 0 heterocycles. The number of hydrogen-bond acceptors (Lipinski definition) is 4. The molecule has 114 valence electrons. The highest BCUT2D eigenvalue weighted by Gasteiger charge is 2.17. The SMILES string of the molecule is CCC(C)CN(C)CC(O)c1ccc(OC)cc1OC. The molecule has 0 aliphatic carbocycles. The molecule has 1 N–H and O–H groups in total. The number of benzene rings is 1. The molecule has 2 atom stereocenters. The van der Waals surface area contributed by atoms with Crippen LogP contribution in [0.2, 0.25) is 0 Å². The zero-order valence-corrected chi connectivity index (χ0v) is 13.2. The number of aliphatic hydroxyl groups excluding tert-OH is 1. The largest absolute Gasteiger partial charge is 0.497 e. The number of nitrogens with zero attached hydrogens (tertiary/aromatic N) is 1. The molecule has 0 fully saturated rings. The van der Waals surface area contributed by atoms with Crippen molar-refractivity contribution in [3.8, 4) is 11.5 Å². The van der Waals surface area contributed by atoms with Crippen LogP contribution in [-0.4, -0.2) is 44.4 Å². The Kier molecular flexibility index (Phi) is 6.82. The van der Waals surface area contributed by atoms with E-state index in [4.69, 9.17) is 9.47 Å². The Bertz CT molecular complexity index is 409. The number of rotatable bonds is 8. The van der Waals surface area contributed by atoms with Gasteiger partial charge < -0.3 is 19.5 Å². The van der Waals surface area contributed by atoms with Crippen molar-refractivity contribution in [3.05, 3.63) is 23.8 Å². The summed E-state index contributed by atoms with van der Waals surface area (Å²) in [4.78, 5) is 2.16. The van der Waals surface area contributed by atoms with Crippen LogP contribution in [0, 0.1) is 5.92 Å². The Morgan fingerprint density at radius 3 is 2.45 bits per heavy atom. The van der Waals surface area contributed by atoms with E-state index < -0.39 is 6.10 Å². The number of likely N-dealkylation sites (N-methyl/N-ethyl adjacent to an activating group) is 1. The van der Waals surface area contributed by atoms with Crippen molar-refractivity contribution in [2.45, 2.75) is 26.4 Å². The average Bonchev–Trinajstić information content (AvgIpc) is 2.45. The summed E-state index contributed by atoms with van der Waals surface area (Å²) in [7, 11) is 5.25. The third-order valence-corrected chi connectivity index (χ3v) is 3.60. The first-order chi connectivity index (χ1) is 9.51. The Morgan fingerprint density at radius 1 is 1.20 bits per heavy atom. The molecule has 4 nitrogen and oxygen atoms in total. The summed E-state index contributed by atoms with van der Waals surface area (Å²) >= 11 is 0. The van der Waals surface area contributed by atoms with Gasteiger partial charge in [0.05, 0.1) is 20.3 Å². The van der Waals surface area contributed by atoms with Crippen LogP contribution in [0.1, 0.15) is 31.9 Å². The first kappa shape index (κ1) is 16.8. The van der Waals surface area contributed by atoms with Crippen LogP contribution in [0.3, 0.4) is 0 Å². The van der Waals surface area contributed by atoms with Gasteiger partial charge in [-0.25, -0.2) is 0 Å². The van der Waals surface area contributed by atoms with Crippen molar-refractivity contribution in [2.24, 2.45) is 5.92 Å². The molecule has 1 aromatic carbocycles. The van der Waals surface area contributed by atoms with Crippen LogP contribution in [0.25, 0.3) is 0 Å². The highest BCUT2D eigenvalue weighted by atomic mass is 16.5. The molecule has 0 radical (unpaired) electrons. The first-order valence-electron chi connectivity index (χ1n) is 7.10. The third kappa shape index (κ3) is 4.69. The van der Waals surface area contributed by atoms with Gasteiger partial charge in [-0.15, -0.1) is 0 Å². The van der Waals surface area contributed by atoms with E-state index in [1.54, 1.807) is 20.3 Å². The van der Waals surface area contributed by atoms with Crippen molar-refractivity contribution < 1.29 is 14.6 Å². The van der Waals surface area contributed by atoms with Crippen molar-refractivity contribution in [1.82, 2.24) is 4.90 Å². The van der Waals surface area contributed by atoms with Gasteiger partial charge in [0, 0.05) is 24.7 Å². The molecule has 0 saturated heterocycles. The molecule has 1 aromatic rings. The van der Waals surface area contributed by atoms with Gasteiger partial charge in [-0.2, -0.15) is 0 Å². The quantitative estimate of drug-likeness (QED) is 0.795. The van der Waals surface area contributed by atoms with E-state index in [9.17, 15) is 5.11 Å². The monoisotopic (exact) mass is 281 g/mol. The molecule has 0 aliphatic heterocycles. The molecule has 20 heavy (non-hydrogen) atoms. The molecule has 4 heteroatoms. The standard InChI is InChI=1S/C16H27NO3/c1-6-12(2)10-17(3)11-15(18)14-8-7-13(19-4)9-16(14)20-5/h7-9,12,15,18H,6,10-11H2,1-5H3. The molecule has 0 saturated carbocycles. The van der Waals surface area contributed by atoms with Gasteiger partial charge in [-0.3, -0.25) is 0 Å². The Morgan fingerprint density at radius 2 is 1.90 bits per heavy atom. The fourth-order valence-electron chi connectivity index (χ4n) is 2.22. The zero-order chi connectivity index (χ0) is 15.1. The maximum atomic E-state index is 10.4. The summed E-state index contributed by atoms with van der Waals surface area (Å²) in [6.45, 7) is 5.97. The summed E-state index contributed by atoms with van der Waals surface area (Å²) in [5.74, 6) is 2.02. The lowest BCUT2D eigenvalue weighted by Crippen LogP contribution is -2.29. The Hall–Kier alpha value is -1.26. The predicted octanol–water partition coefficient (Wildman–Crippen LogP) is 2.72. The molecule has 0 aromatic heterocycles. The van der Waals surface area contributed by atoms with E-state index in [-0.39, 0.29) is 0 Å². The van der Waals surface area contributed by atoms with Crippen molar-refractivity contribution >= 4 is 0 Å². The maximum absolute atomic E-state index is 10.4. The van der Waals surface area contributed by atoms with Gasteiger partial charge in [-0.1, -0.05) is 20.3 Å². The van der Waals surface area contributed by atoms with E-state index in [1.807, 2.05) is 19.2 Å². The highest BCUT2D eigenvalue weighted by molar-refractivity contribution is 5.42. The van der Waals surface area contributed by atoms with Crippen LogP contribution in [-0.2, 0) is 0 Å². The second-order valence-corrected chi connectivity index (χ2v) is 5.36. The summed E-state index contributed by atoms with van der Waals surface area (Å²) < 4.78 is 10.5. The van der Waals surface area contributed by atoms with E-state index >= 15 is 0 Å². The van der Waals surface area contributed by atoms with Crippen LogP contribution >= 0.6 is 0 Å². The van der Waals surface area contributed by atoms with Crippen LogP contribution < -0.4 is 9.47 Å². The Balaban J connectivity index is 2.73. The number of methoxy groups -OCH3 is 2. The molecule has 0 spiro atoms. The van der Waals surface area contributed by atoms with Gasteiger partial charge in [0.15, 0.2) is 0 Å². The minimum Gasteiger partial charge on any atom is -0.497 e. The summed E-state index contributed by atoms with van der Waals surface area (Å²) in [5, 5.41) is 10.4. The lowest BCUT2D eigenvalue weighted by atomic mass is 10.1. The van der Waals surface area contributed by atoms with E-state index in [0.29, 0.717) is 18.2 Å². The fourth-order valence-corrected chi connectivity index (χ4v) is 2.22. The van der Waals surface area contributed by atoms with Gasteiger partial charge in [0.1, 0.15) is 11.5 Å². The lowest BCUT2D eigenvalue weighted by molar-refractivity contribution is 0.116. The average molecular weight is 281 g/mol. The minimum atomic E-state index is -0.565. The topological polar surface area (TPSA) is 41.9 Å². The molecule has 0 amide bonds. The van der Waals surface area contributed by atoms with Gasteiger partial charge >= 0.3 is 0 Å². The summed E-state index contributed by atoms with van der Waals surface area (Å²) in [5.41, 5.74) is 0.796. The molecular weight excluding hydrogens is 254 g/mol. The Labute approximate surface area is 122 Å². The van der Waals surface area contributed by atoms with Crippen molar-refractivity contribution in [3.63, 3.8) is 0 Å². The number of hydrogen-bond donors (Lipinski definition) is 1. The molecular formula is C16H27NO3. The second kappa shape index (κ2) is 8.12. The van der Waals surface area contributed by atoms with E-state index in [2.05, 4.69) is 18.7 Å². The lowest BCUT2D eigenvalue weighted by Gasteiger charge is -2.24. The molecule has 0 bridgehead atoms. The van der Waals surface area contributed by atoms with Crippen LogP contribution in [0.15, 0.2) is 18.2 Å². The smallest absolute Gasteiger partial charge is 0.128 e. The molecule has 0 aliphatic rings. The summed E-state index contributed by atoms with van der Waals surface area (Å²) in [6, 6.07) is 5.50. The van der Waals surface area contributed by atoms with Crippen LogP contribution in [0.4, 0.5) is 0 Å². The summed E-state index contributed by atoms with van der Waals surface area (Å²) in [6.07, 6.45) is 0.580. The van der Waals surface area contributed by atoms with Gasteiger partial charge in [0.25, 0.3) is 0 Å². The number of aliphatic hydroxyl groups is 1. The first-order valence-corrected chi connectivity index (χ1v) is 7.10. The second-order valence-electron chi connectivity index (χ2n) is 5.36. The van der Waals surface area contributed by atoms with Gasteiger partial charge in [-0.05, 0) is 25.1 Å². The maximum Gasteiger partial charge on any atom is 0.128 e. The normalized spacial score (nSPS) is 14.2. The fraction of sp³-hybridized carbons (Fsp3) is 0.625. The zero-order valence-electron chi connectivity index (χ0n) is 13.2. The predicted molar refractivity (Wildman–Crippen MR) is 81.5 cm³/mol. The third-order valence-electron chi connectivity index (χ3n) is 3.60.